The molecule has 1 saturated heterocycles. The molecule has 1 heterocycles. The summed E-state index contributed by atoms with van der Waals surface area (Å²) in [5.41, 5.74) is 1.27. The molecule has 1 amide bonds. The molecule has 1 spiro atoms. The second-order valence-electron chi connectivity index (χ2n) is 6.23. The molecule has 0 aromatic heterocycles. The maximum Gasteiger partial charge on any atom is 0.236 e. The van der Waals surface area contributed by atoms with Crippen LogP contribution >= 0.6 is 22.6 Å². The summed E-state index contributed by atoms with van der Waals surface area (Å²) >= 11 is 2.34. The van der Waals surface area contributed by atoms with Crippen LogP contribution in [0.5, 0.6) is 0 Å². The minimum atomic E-state index is -0.0284. The molecule has 1 saturated carbocycles. The van der Waals surface area contributed by atoms with Crippen molar-refractivity contribution in [1.82, 2.24) is 4.90 Å². The molecule has 3 nitrogen and oxygen atoms in total. The number of likely N-dealkylation sites (N-methyl/N-ethyl adjacent to an activating group) is 1. The van der Waals surface area contributed by atoms with Gasteiger partial charge in [-0.25, -0.2) is 0 Å². The lowest BCUT2D eigenvalue weighted by Crippen LogP contribution is -2.49. The molecule has 4 heteroatoms. The standard InChI is InChI=1S/C17H22INO2/c1-19-16(20)15(18)14(12-6-4-3-5-7-12)17(19)10-8-13(21-2)9-11-17/h3-7,13-15H,8-11H2,1-2H3. The molecule has 21 heavy (non-hydrogen) atoms. The second-order valence-corrected chi connectivity index (χ2v) is 7.57. The van der Waals surface area contributed by atoms with Crippen molar-refractivity contribution in [3.05, 3.63) is 35.9 Å². The molecule has 2 unspecified atom stereocenters. The van der Waals surface area contributed by atoms with Crippen LogP contribution in [-0.2, 0) is 9.53 Å². The lowest BCUT2D eigenvalue weighted by atomic mass is 9.70. The van der Waals surface area contributed by atoms with E-state index in [0.717, 1.165) is 25.7 Å². The number of ether oxygens (including phenoxy) is 1. The van der Waals surface area contributed by atoms with Crippen LogP contribution in [0.25, 0.3) is 0 Å². The number of benzene rings is 1. The third-order valence-electron chi connectivity index (χ3n) is 5.40. The van der Waals surface area contributed by atoms with Crippen molar-refractivity contribution in [3.8, 4) is 0 Å². The van der Waals surface area contributed by atoms with Crippen LogP contribution in [0.3, 0.4) is 0 Å². The zero-order valence-corrected chi connectivity index (χ0v) is 14.7. The molecule has 0 bridgehead atoms. The summed E-state index contributed by atoms with van der Waals surface area (Å²) in [6.07, 6.45) is 4.50. The maximum atomic E-state index is 12.6. The first-order valence-electron chi connectivity index (χ1n) is 7.59. The van der Waals surface area contributed by atoms with Crippen molar-refractivity contribution in [2.45, 2.75) is 47.2 Å². The van der Waals surface area contributed by atoms with Crippen molar-refractivity contribution in [1.29, 1.82) is 0 Å². The minimum absolute atomic E-state index is 0.0284. The quantitative estimate of drug-likeness (QED) is 0.564. The molecule has 1 aromatic rings. The SMILES string of the molecule is COC1CCC2(CC1)C(c1ccccc1)C(I)C(=O)N2C. The largest absolute Gasteiger partial charge is 0.381 e. The van der Waals surface area contributed by atoms with Crippen LogP contribution in [0.2, 0.25) is 0 Å². The van der Waals surface area contributed by atoms with Crippen LogP contribution in [0.1, 0.15) is 37.2 Å². The lowest BCUT2D eigenvalue weighted by molar-refractivity contribution is -0.130. The third-order valence-corrected chi connectivity index (χ3v) is 6.65. The van der Waals surface area contributed by atoms with Crippen LogP contribution in [0, 0.1) is 0 Å². The monoisotopic (exact) mass is 399 g/mol. The van der Waals surface area contributed by atoms with E-state index in [0.29, 0.717) is 6.10 Å². The second kappa shape index (κ2) is 5.88. The number of carbonyl (C=O) groups excluding carboxylic acids is 1. The molecule has 2 atom stereocenters. The van der Waals surface area contributed by atoms with E-state index >= 15 is 0 Å². The van der Waals surface area contributed by atoms with Gasteiger partial charge < -0.3 is 9.64 Å². The Hall–Kier alpha value is -0.620. The van der Waals surface area contributed by atoms with Gasteiger partial charge in [-0.2, -0.15) is 0 Å². The van der Waals surface area contributed by atoms with E-state index in [9.17, 15) is 4.79 Å². The summed E-state index contributed by atoms with van der Waals surface area (Å²) in [5, 5.41) is 0. The highest BCUT2D eigenvalue weighted by Gasteiger charge is 2.57. The molecule has 0 radical (unpaired) electrons. The van der Waals surface area contributed by atoms with Crippen LogP contribution in [-0.4, -0.2) is 40.5 Å². The van der Waals surface area contributed by atoms with Gasteiger partial charge in [-0.05, 0) is 31.2 Å². The summed E-state index contributed by atoms with van der Waals surface area (Å²) in [4.78, 5) is 14.6. The van der Waals surface area contributed by atoms with Gasteiger partial charge in [-0.3, -0.25) is 4.79 Å². The predicted molar refractivity (Wildman–Crippen MR) is 91.8 cm³/mol. The molecular weight excluding hydrogens is 377 g/mol. The molecule has 0 N–H and O–H groups in total. The van der Waals surface area contributed by atoms with Crippen molar-refractivity contribution in [3.63, 3.8) is 0 Å². The third kappa shape index (κ3) is 2.40. The van der Waals surface area contributed by atoms with Crippen molar-refractivity contribution in [2.24, 2.45) is 0 Å². The Morgan fingerprint density at radius 1 is 1.24 bits per heavy atom. The molecular formula is C17H22INO2. The number of hydrogen-bond acceptors (Lipinski definition) is 2. The first-order valence-corrected chi connectivity index (χ1v) is 8.84. The highest BCUT2D eigenvalue weighted by Crippen LogP contribution is 2.52. The average Bonchev–Trinajstić information content (AvgIpc) is 2.71. The van der Waals surface area contributed by atoms with Gasteiger partial charge in [0.2, 0.25) is 5.91 Å². The predicted octanol–water partition coefficient (Wildman–Crippen LogP) is 3.37. The summed E-state index contributed by atoms with van der Waals surface area (Å²) in [7, 11) is 3.78. The number of hydrogen-bond donors (Lipinski definition) is 0. The fraction of sp³-hybridized carbons (Fsp3) is 0.588. The maximum absolute atomic E-state index is 12.6. The van der Waals surface area contributed by atoms with Crippen LogP contribution < -0.4 is 0 Å². The van der Waals surface area contributed by atoms with E-state index in [1.807, 2.05) is 18.0 Å². The normalized spacial score (nSPS) is 36.4. The van der Waals surface area contributed by atoms with E-state index in [2.05, 4.69) is 46.9 Å². The summed E-state index contributed by atoms with van der Waals surface area (Å²) < 4.78 is 5.55. The lowest BCUT2D eigenvalue weighted by Gasteiger charge is -2.45. The first kappa shape index (κ1) is 15.3. The Balaban J connectivity index is 1.98. The van der Waals surface area contributed by atoms with Gasteiger partial charge in [0, 0.05) is 20.1 Å². The number of likely N-dealkylation sites (tertiary alicyclic amines) is 1. The topological polar surface area (TPSA) is 29.5 Å². The van der Waals surface area contributed by atoms with Crippen LogP contribution in [0.15, 0.2) is 30.3 Å². The number of carbonyl (C=O) groups is 1. The summed E-state index contributed by atoms with van der Waals surface area (Å²) in [6, 6.07) is 10.5. The molecule has 1 aromatic carbocycles. The van der Waals surface area contributed by atoms with E-state index in [1.54, 1.807) is 7.11 Å². The van der Waals surface area contributed by atoms with E-state index < -0.39 is 0 Å². The highest BCUT2D eigenvalue weighted by molar-refractivity contribution is 14.1. The molecule has 3 rings (SSSR count). The summed E-state index contributed by atoms with van der Waals surface area (Å²) in [5.74, 6) is 0.565. The van der Waals surface area contributed by atoms with Gasteiger partial charge in [0.05, 0.1) is 15.6 Å². The smallest absolute Gasteiger partial charge is 0.236 e. The van der Waals surface area contributed by atoms with Gasteiger partial charge in [0.25, 0.3) is 0 Å². The van der Waals surface area contributed by atoms with Crippen molar-refractivity contribution < 1.29 is 9.53 Å². The average molecular weight is 399 g/mol. The number of halogens is 1. The van der Waals surface area contributed by atoms with E-state index in [-0.39, 0.29) is 21.3 Å². The molecule has 1 aliphatic heterocycles. The highest BCUT2D eigenvalue weighted by atomic mass is 127. The van der Waals surface area contributed by atoms with Crippen molar-refractivity contribution in [2.75, 3.05) is 14.2 Å². The Bertz CT molecular complexity index is 511. The number of alkyl halides is 1. The number of methoxy groups -OCH3 is 1. The zero-order valence-electron chi connectivity index (χ0n) is 12.6. The van der Waals surface area contributed by atoms with Gasteiger partial charge >= 0.3 is 0 Å². The van der Waals surface area contributed by atoms with Crippen LogP contribution in [0.4, 0.5) is 0 Å². The minimum Gasteiger partial charge on any atom is -0.381 e. The Morgan fingerprint density at radius 3 is 2.43 bits per heavy atom. The molecule has 2 fully saturated rings. The molecule has 1 aliphatic carbocycles. The number of amides is 1. The van der Waals surface area contributed by atoms with Gasteiger partial charge in [-0.15, -0.1) is 0 Å². The molecule has 2 aliphatic rings. The van der Waals surface area contributed by atoms with Crippen molar-refractivity contribution >= 4 is 28.5 Å². The Morgan fingerprint density at radius 2 is 1.86 bits per heavy atom. The molecule has 114 valence electrons. The Labute approximate surface area is 140 Å². The fourth-order valence-electron chi connectivity index (χ4n) is 4.14. The Kier molecular flexibility index (Phi) is 4.28. The zero-order chi connectivity index (χ0) is 15.0. The van der Waals surface area contributed by atoms with E-state index in [4.69, 9.17) is 4.74 Å². The van der Waals surface area contributed by atoms with E-state index in [1.165, 1.54) is 5.56 Å². The first-order chi connectivity index (χ1) is 10.1. The summed E-state index contributed by atoms with van der Waals surface area (Å²) in [6.45, 7) is 0. The fourth-order valence-corrected chi connectivity index (χ4v) is 5.64. The number of nitrogens with zero attached hydrogens (tertiary/aromatic N) is 1. The van der Waals surface area contributed by atoms with Gasteiger partial charge in [0.1, 0.15) is 0 Å². The van der Waals surface area contributed by atoms with Gasteiger partial charge in [0.15, 0.2) is 0 Å². The van der Waals surface area contributed by atoms with Gasteiger partial charge in [-0.1, -0.05) is 52.9 Å². The number of rotatable bonds is 2.